The lowest BCUT2D eigenvalue weighted by atomic mass is 10.0. The average molecular weight is 625 g/mol. The van der Waals surface area contributed by atoms with Gasteiger partial charge in [-0.15, -0.1) is 11.3 Å². The predicted molar refractivity (Wildman–Crippen MR) is 183 cm³/mol. The SMILES string of the molecule is CC/C=C/C(=C(\NC)OC)c1cnc(/C(=C\N)C(=O)Nc2cc(C(=O)NCCC)cnc2C)s1.CCCCCCC1(C)CC1. The van der Waals surface area contributed by atoms with Gasteiger partial charge in [-0.3, -0.25) is 14.6 Å². The van der Waals surface area contributed by atoms with Crippen LogP contribution in [0.5, 0.6) is 0 Å². The molecule has 2 aromatic rings. The van der Waals surface area contributed by atoms with Crippen molar-refractivity contribution in [3.05, 3.63) is 63.8 Å². The molecule has 0 bridgehead atoms. The number of nitrogens with one attached hydrogen (secondary N) is 3. The maximum Gasteiger partial charge on any atom is 0.260 e. The van der Waals surface area contributed by atoms with Crippen LogP contribution in [0, 0.1) is 12.3 Å². The number of ether oxygens (including phenoxy) is 1. The monoisotopic (exact) mass is 624 g/mol. The third-order valence-corrected chi connectivity index (χ3v) is 8.54. The molecule has 2 aromatic heterocycles. The number of amides is 2. The molecule has 0 unspecified atom stereocenters. The molecule has 0 aromatic carbocycles. The molecule has 10 heteroatoms. The summed E-state index contributed by atoms with van der Waals surface area (Å²) in [5.41, 5.74) is 8.99. The topological polar surface area (TPSA) is 131 Å². The zero-order valence-corrected chi connectivity index (χ0v) is 28.5. The minimum atomic E-state index is -0.449. The molecule has 1 saturated carbocycles. The number of methoxy groups -OCH3 is 1. The summed E-state index contributed by atoms with van der Waals surface area (Å²) < 4.78 is 5.44. The quantitative estimate of drug-likeness (QED) is 0.0673. The number of aromatic nitrogens is 2. The molecule has 242 valence electrons. The standard InChI is InChI=1S/C24H32N6O3S.C10H20/c1-6-8-9-17(23(26-4)33-5)20-14-29-24(34-20)18(12-25)22(32)30-19-11-16(13-28-15(19)3)21(31)27-10-7-2;1-3-4-5-6-7-10(2)8-9-10/h8-9,11-14,26H,6-7,10,25H2,1-5H3,(H,27,31)(H,30,32);3-9H2,1-2H3/b9-8+,18-12-,23-17-;. The maximum atomic E-state index is 13.1. The first-order valence-corrected chi connectivity index (χ1v) is 16.6. The van der Waals surface area contributed by atoms with Gasteiger partial charge < -0.3 is 26.4 Å². The Morgan fingerprint density at radius 3 is 2.45 bits per heavy atom. The van der Waals surface area contributed by atoms with Gasteiger partial charge in [0.2, 0.25) is 0 Å². The fourth-order valence-corrected chi connectivity index (χ4v) is 5.34. The third kappa shape index (κ3) is 11.4. The van der Waals surface area contributed by atoms with Crippen molar-refractivity contribution < 1.29 is 14.3 Å². The second-order valence-electron chi connectivity index (χ2n) is 11.3. The Morgan fingerprint density at radius 1 is 1.11 bits per heavy atom. The Labute approximate surface area is 267 Å². The van der Waals surface area contributed by atoms with Gasteiger partial charge in [-0.1, -0.05) is 65.5 Å². The van der Waals surface area contributed by atoms with Crippen LogP contribution < -0.4 is 21.7 Å². The summed E-state index contributed by atoms with van der Waals surface area (Å²) in [4.78, 5) is 34.8. The lowest BCUT2D eigenvalue weighted by Crippen LogP contribution is -2.24. The van der Waals surface area contributed by atoms with E-state index in [-0.39, 0.29) is 11.5 Å². The van der Waals surface area contributed by atoms with Crippen LogP contribution in [0.3, 0.4) is 0 Å². The Kier molecular flexibility index (Phi) is 15.7. The molecule has 1 aliphatic carbocycles. The zero-order chi connectivity index (χ0) is 32.5. The molecule has 44 heavy (non-hydrogen) atoms. The number of carbonyl (C=O) groups is 2. The zero-order valence-electron chi connectivity index (χ0n) is 27.6. The fourth-order valence-electron chi connectivity index (χ4n) is 4.38. The Hall–Kier alpha value is -3.66. The van der Waals surface area contributed by atoms with Crippen molar-refractivity contribution in [1.82, 2.24) is 20.6 Å². The van der Waals surface area contributed by atoms with Crippen LogP contribution in [0.1, 0.15) is 111 Å². The van der Waals surface area contributed by atoms with Gasteiger partial charge in [-0.2, -0.15) is 0 Å². The minimum absolute atomic E-state index is 0.207. The number of unbranched alkanes of at least 4 members (excludes halogenated alkanes) is 3. The maximum absolute atomic E-state index is 13.1. The Balaban J connectivity index is 0.000000569. The number of nitrogens with two attached hydrogens (primary N) is 1. The van der Waals surface area contributed by atoms with Crippen LogP contribution in [0.25, 0.3) is 11.1 Å². The van der Waals surface area contributed by atoms with Crippen molar-refractivity contribution >= 4 is 40.0 Å². The number of nitrogens with zero attached hydrogens (tertiary/aromatic N) is 2. The van der Waals surface area contributed by atoms with Crippen LogP contribution in [-0.4, -0.2) is 42.5 Å². The first kappa shape index (κ1) is 36.5. The van der Waals surface area contributed by atoms with Crippen LogP contribution in [0.4, 0.5) is 5.69 Å². The molecular formula is C34H52N6O3S. The number of rotatable bonds is 16. The summed E-state index contributed by atoms with van der Waals surface area (Å²) in [6, 6.07) is 1.60. The highest BCUT2D eigenvalue weighted by atomic mass is 32.1. The van der Waals surface area contributed by atoms with Crippen LogP contribution in [0.15, 0.2) is 42.7 Å². The summed E-state index contributed by atoms with van der Waals surface area (Å²) in [6.07, 6.45) is 20.3. The summed E-state index contributed by atoms with van der Waals surface area (Å²) in [5, 5.41) is 9.08. The van der Waals surface area contributed by atoms with Crippen molar-refractivity contribution in [2.24, 2.45) is 11.1 Å². The fraction of sp³-hybridized carbons (Fsp3) is 0.529. The predicted octanol–water partition coefficient (Wildman–Crippen LogP) is 7.18. The van der Waals surface area contributed by atoms with E-state index in [9.17, 15) is 9.59 Å². The first-order chi connectivity index (χ1) is 21.2. The molecule has 2 amide bonds. The molecule has 9 nitrogen and oxygen atoms in total. The van der Waals surface area contributed by atoms with Gasteiger partial charge in [0.25, 0.3) is 11.8 Å². The van der Waals surface area contributed by atoms with E-state index >= 15 is 0 Å². The normalized spacial score (nSPS) is 14.3. The van der Waals surface area contributed by atoms with E-state index in [4.69, 9.17) is 10.5 Å². The van der Waals surface area contributed by atoms with Crippen molar-refractivity contribution in [3.8, 4) is 0 Å². The number of carbonyl (C=O) groups excluding carboxylic acids is 2. The van der Waals surface area contributed by atoms with Gasteiger partial charge in [0.15, 0.2) is 5.88 Å². The molecule has 5 N–H and O–H groups in total. The molecule has 0 aliphatic heterocycles. The van der Waals surface area contributed by atoms with E-state index < -0.39 is 5.91 Å². The second kappa shape index (κ2) is 18.9. The van der Waals surface area contributed by atoms with Crippen molar-refractivity contribution in [2.45, 2.75) is 92.4 Å². The van der Waals surface area contributed by atoms with E-state index in [1.165, 1.54) is 68.7 Å². The largest absolute Gasteiger partial charge is 0.482 e. The van der Waals surface area contributed by atoms with E-state index in [1.807, 2.05) is 26.0 Å². The number of pyridine rings is 1. The van der Waals surface area contributed by atoms with E-state index in [0.29, 0.717) is 34.4 Å². The van der Waals surface area contributed by atoms with Gasteiger partial charge in [0.05, 0.1) is 40.1 Å². The highest BCUT2D eigenvalue weighted by Crippen LogP contribution is 2.49. The van der Waals surface area contributed by atoms with Gasteiger partial charge >= 0.3 is 0 Å². The Morgan fingerprint density at radius 2 is 1.86 bits per heavy atom. The highest BCUT2D eigenvalue weighted by molar-refractivity contribution is 7.14. The third-order valence-electron chi connectivity index (χ3n) is 7.48. The van der Waals surface area contributed by atoms with Crippen LogP contribution >= 0.6 is 11.3 Å². The number of aryl methyl sites for hydroxylation is 1. The van der Waals surface area contributed by atoms with E-state index in [1.54, 1.807) is 33.3 Å². The lowest BCUT2D eigenvalue weighted by Gasteiger charge is -2.11. The summed E-state index contributed by atoms with van der Waals surface area (Å²) in [6.45, 7) is 11.0. The molecule has 3 rings (SSSR count). The molecule has 0 atom stereocenters. The minimum Gasteiger partial charge on any atom is -0.482 e. The molecule has 1 aliphatic rings. The van der Waals surface area contributed by atoms with Crippen molar-refractivity contribution in [1.29, 1.82) is 0 Å². The Bertz CT molecular complexity index is 1300. The molecule has 0 saturated heterocycles. The molecule has 0 radical (unpaired) electrons. The number of anilines is 1. The van der Waals surface area contributed by atoms with Gasteiger partial charge in [0.1, 0.15) is 5.01 Å². The molecule has 2 heterocycles. The number of allylic oxidation sites excluding steroid dienone is 3. The van der Waals surface area contributed by atoms with Gasteiger partial charge in [-0.25, -0.2) is 4.98 Å². The van der Waals surface area contributed by atoms with E-state index in [2.05, 4.69) is 39.8 Å². The summed E-state index contributed by atoms with van der Waals surface area (Å²) in [7, 11) is 3.35. The second-order valence-corrected chi connectivity index (χ2v) is 12.3. The van der Waals surface area contributed by atoms with Crippen molar-refractivity contribution in [3.63, 3.8) is 0 Å². The first-order valence-electron chi connectivity index (χ1n) is 15.7. The summed E-state index contributed by atoms with van der Waals surface area (Å²) >= 11 is 1.31. The number of hydrogen-bond donors (Lipinski definition) is 4. The molecule has 0 spiro atoms. The summed E-state index contributed by atoms with van der Waals surface area (Å²) in [5.74, 6) is -0.112. The number of thiazole rings is 1. The van der Waals surface area contributed by atoms with Gasteiger partial charge in [0, 0.05) is 32.2 Å². The highest BCUT2D eigenvalue weighted by Gasteiger charge is 2.35. The van der Waals surface area contributed by atoms with E-state index in [0.717, 1.165) is 28.7 Å². The average Bonchev–Trinajstić information content (AvgIpc) is 3.56. The molecular weight excluding hydrogens is 572 g/mol. The lowest BCUT2D eigenvalue weighted by molar-refractivity contribution is -0.111. The smallest absolute Gasteiger partial charge is 0.260 e. The van der Waals surface area contributed by atoms with Crippen LogP contribution in [0.2, 0.25) is 0 Å². The van der Waals surface area contributed by atoms with Crippen LogP contribution in [-0.2, 0) is 9.53 Å². The number of hydrogen-bond acceptors (Lipinski definition) is 8. The molecule has 1 fully saturated rings. The van der Waals surface area contributed by atoms with Crippen molar-refractivity contribution in [2.75, 3.05) is 26.0 Å². The van der Waals surface area contributed by atoms with Gasteiger partial charge in [-0.05, 0) is 50.5 Å².